The van der Waals surface area contributed by atoms with Crippen LogP contribution in [0, 0.1) is 6.92 Å². The summed E-state index contributed by atoms with van der Waals surface area (Å²) in [6.45, 7) is 7.36. The smallest absolute Gasteiger partial charge is 0.406 e. The average molecular weight is 508 g/mol. The molecule has 0 aliphatic carbocycles. The minimum absolute atomic E-state index is 0.0274. The summed E-state index contributed by atoms with van der Waals surface area (Å²) < 4.78 is 12.5. The molecule has 12 nitrogen and oxygen atoms in total. The zero-order valence-corrected chi connectivity index (χ0v) is 20.9. The van der Waals surface area contributed by atoms with Crippen LogP contribution >= 0.6 is 0 Å². The Morgan fingerprint density at radius 1 is 1.27 bits per heavy atom. The number of rotatable bonds is 6. The molecule has 3 aromatic heterocycles. The van der Waals surface area contributed by atoms with Gasteiger partial charge in [-0.1, -0.05) is 12.1 Å². The van der Waals surface area contributed by atoms with Crippen LogP contribution in [0.2, 0.25) is 0 Å². The van der Waals surface area contributed by atoms with Crippen LogP contribution in [0.15, 0.2) is 30.6 Å². The lowest BCUT2D eigenvalue weighted by Crippen LogP contribution is -2.47. The fourth-order valence-electron chi connectivity index (χ4n) is 4.14. The molecule has 12 heteroatoms. The molecule has 1 saturated heterocycles. The van der Waals surface area contributed by atoms with Crippen molar-refractivity contribution in [2.45, 2.75) is 32.9 Å². The average Bonchev–Trinajstić information content (AvgIpc) is 3.44. The summed E-state index contributed by atoms with van der Waals surface area (Å²) in [5.41, 5.74) is 2.84. The van der Waals surface area contributed by atoms with Gasteiger partial charge in [0, 0.05) is 24.7 Å². The van der Waals surface area contributed by atoms with Crippen molar-refractivity contribution < 1.29 is 24.2 Å². The molecule has 1 aromatic carbocycles. The monoisotopic (exact) mass is 507 g/mol. The minimum atomic E-state index is -0.845. The number of H-pyrrole nitrogens is 1. The van der Waals surface area contributed by atoms with Crippen molar-refractivity contribution in [1.29, 1.82) is 0 Å². The fourth-order valence-corrected chi connectivity index (χ4v) is 4.14. The highest BCUT2D eigenvalue weighted by Crippen LogP contribution is 2.30. The Morgan fingerprint density at radius 3 is 2.81 bits per heavy atom. The molecule has 1 fully saturated rings. The molecule has 1 aliphatic rings. The number of amides is 2. The maximum Gasteiger partial charge on any atom is 0.413 e. The van der Waals surface area contributed by atoms with Gasteiger partial charge in [-0.05, 0) is 32.4 Å². The zero-order chi connectivity index (χ0) is 26.2. The van der Waals surface area contributed by atoms with E-state index < -0.39 is 11.6 Å². The number of nitrogens with one attached hydrogen (secondary N) is 2. The van der Waals surface area contributed by atoms with E-state index in [9.17, 15) is 14.7 Å². The molecule has 1 aliphatic heterocycles. The molecular formula is C25H29N7O5. The third-order valence-electron chi connectivity index (χ3n) is 6.18. The number of aliphatic hydroxyl groups excluding tert-OH is 1. The molecule has 0 unspecified atom stereocenters. The maximum absolute atomic E-state index is 13.0. The van der Waals surface area contributed by atoms with Gasteiger partial charge in [0.1, 0.15) is 17.9 Å². The van der Waals surface area contributed by atoms with Gasteiger partial charge >= 0.3 is 6.09 Å². The van der Waals surface area contributed by atoms with Gasteiger partial charge in [0.05, 0.1) is 37.1 Å². The van der Waals surface area contributed by atoms with Gasteiger partial charge in [-0.3, -0.25) is 9.48 Å². The van der Waals surface area contributed by atoms with E-state index >= 15 is 0 Å². The molecule has 4 aromatic rings. The Labute approximate surface area is 212 Å². The number of carbonyl (C=O) groups is 2. The molecular weight excluding hydrogens is 478 g/mol. The number of hydrogen-bond donors (Lipinski definition) is 3. The molecule has 194 valence electrons. The van der Waals surface area contributed by atoms with Crippen molar-refractivity contribution in [3.63, 3.8) is 0 Å². The molecule has 0 saturated carbocycles. The van der Waals surface area contributed by atoms with Gasteiger partial charge in [-0.15, -0.1) is 0 Å². The highest BCUT2D eigenvalue weighted by Gasteiger charge is 2.23. The number of aliphatic hydroxyl groups is 1. The Bertz CT molecular complexity index is 1470. The number of nitrogens with zero attached hydrogens (tertiary/aromatic N) is 5. The summed E-state index contributed by atoms with van der Waals surface area (Å²) in [5, 5.41) is 17.6. The lowest BCUT2D eigenvalue weighted by Gasteiger charge is -2.26. The number of fused-ring (bicyclic) bond motifs is 2. The van der Waals surface area contributed by atoms with Gasteiger partial charge in [-0.2, -0.15) is 5.10 Å². The SMILES string of the molecule is Cc1ccc2c(-c3cnc4[nH]cc(OC(=O)NC(C)(C)CO)c4n3)nn(CC(=O)N3CCOCC3)c2c1. The van der Waals surface area contributed by atoms with Crippen LogP contribution in [0.1, 0.15) is 19.4 Å². The summed E-state index contributed by atoms with van der Waals surface area (Å²) in [6, 6.07) is 5.92. The highest BCUT2D eigenvalue weighted by atomic mass is 16.6. The van der Waals surface area contributed by atoms with Gasteiger partial charge in [0.2, 0.25) is 5.91 Å². The second kappa shape index (κ2) is 9.79. The number of carbonyl (C=O) groups excluding carboxylic acids is 2. The van der Waals surface area contributed by atoms with E-state index in [0.717, 1.165) is 16.5 Å². The van der Waals surface area contributed by atoms with Crippen LogP contribution in [0.4, 0.5) is 4.79 Å². The predicted molar refractivity (Wildman–Crippen MR) is 135 cm³/mol. The van der Waals surface area contributed by atoms with E-state index in [1.807, 2.05) is 25.1 Å². The molecule has 37 heavy (non-hydrogen) atoms. The van der Waals surface area contributed by atoms with Crippen molar-refractivity contribution in [1.82, 2.24) is 34.9 Å². The van der Waals surface area contributed by atoms with Gasteiger partial charge < -0.3 is 29.8 Å². The van der Waals surface area contributed by atoms with Crippen LogP contribution in [-0.2, 0) is 16.1 Å². The summed E-state index contributed by atoms with van der Waals surface area (Å²) in [4.78, 5) is 39.2. The lowest BCUT2D eigenvalue weighted by atomic mass is 10.1. The summed E-state index contributed by atoms with van der Waals surface area (Å²) >= 11 is 0. The molecule has 0 radical (unpaired) electrons. The molecule has 4 heterocycles. The fraction of sp³-hybridized carbons (Fsp3) is 0.400. The number of hydrogen-bond acceptors (Lipinski definition) is 8. The van der Waals surface area contributed by atoms with E-state index in [2.05, 4.69) is 15.3 Å². The standard InChI is InChI=1S/C25H29N7O5/c1-15-4-5-16-18(10-15)32(13-20(34)31-6-8-36-9-7-31)30-21(16)17-11-26-23-22(28-17)19(12-27-23)37-24(35)29-25(2,3)14-33/h4-5,10-12,33H,6-9,13-14H2,1-3H3,(H,26,27)(H,29,35). The Morgan fingerprint density at radius 2 is 2.05 bits per heavy atom. The van der Waals surface area contributed by atoms with Gasteiger partial charge in [0.25, 0.3) is 0 Å². The second-order valence-corrected chi connectivity index (χ2v) is 9.68. The van der Waals surface area contributed by atoms with Crippen molar-refractivity contribution in [2.24, 2.45) is 0 Å². The number of ether oxygens (including phenoxy) is 2. The zero-order valence-electron chi connectivity index (χ0n) is 20.9. The van der Waals surface area contributed by atoms with Crippen LogP contribution in [-0.4, -0.2) is 85.2 Å². The molecule has 3 N–H and O–H groups in total. The van der Waals surface area contributed by atoms with Gasteiger partial charge in [0.15, 0.2) is 16.9 Å². The van der Waals surface area contributed by atoms with E-state index in [1.54, 1.807) is 29.6 Å². The van der Waals surface area contributed by atoms with Crippen molar-refractivity contribution in [2.75, 3.05) is 32.9 Å². The molecule has 2 amide bonds. The van der Waals surface area contributed by atoms with E-state index in [0.29, 0.717) is 48.9 Å². The number of morpholine rings is 1. The van der Waals surface area contributed by atoms with Gasteiger partial charge in [-0.25, -0.2) is 14.8 Å². The van der Waals surface area contributed by atoms with E-state index in [-0.39, 0.29) is 24.8 Å². The molecule has 0 atom stereocenters. The normalized spacial score (nSPS) is 14.3. The number of aromatic nitrogens is 5. The molecule has 0 bridgehead atoms. The molecule has 0 spiro atoms. The van der Waals surface area contributed by atoms with Crippen LogP contribution in [0.25, 0.3) is 33.5 Å². The summed E-state index contributed by atoms with van der Waals surface area (Å²) in [7, 11) is 0. The summed E-state index contributed by atoms with van der Waals surface area (Å²) in [5.74, 6) is 0.165. The predicted octanol–water partition coefficient (Wildman–Crippen LogP) is 2.00. The van der Waals surface area contributed by atoms with Crippen LogP contribution < -0.4 is 10.1 Å². The number of aromatic amines is 1. The van der Waals surface area contributed by atoms with Crippen molar-refractivity contribution in [3.05, 3.63) is 36.2 Å². The van der Waals surface area contributed by atoms with Crippen molar-refractivity contribution in [3.8, 4) is 17.1 Å². The first-order valence-electron chi connectivity index (χ1n) is 12.0. The number of benzene rings is 1. The Balaban J connectivity index is 1.49. The van der Waals surface area contributed by atoms with Crippen LogP contribution in [0.3, 0.4) is 0 Å². The third-order valence-corrected chi connectivity index (χ3v) is 6.18. The second-order valence-electron chi connectivity index (χ2n) is 9.68. The Hall–Kier alpha value is -4.03. The topological polar surface area (TPSA) is 147 Å². The van der Waals surface area contributed by atoms with E-state index in [1.165, 1.54) is 6.20 Å². The maximum atomic E-state index is 13.0. The Kier molecular flexibility index (Phi) is 6.52. The molecule has 5 rings (SSSR count). The summed E-state index contributed by atoms with van der Waals surface area (Å²) in [6.07, 6.45) is 2.37. The largest absolute Gasteiger partial charge is 0.413 e. The lowest BCUT2D eigenvalue weighted by molar-refractivity contribution is -0.136. The van der Waals surface area contributed by atoms with E-state index in [4.69, 9.17) is 19.6 Å². The number of aryl methyl sites for hydroxylation is 1. The first kappa shape index (κ1) is 24.7. The van der Waals surface area contributed by atoms with Crippen molar-refractivity contribution >= 4 is 34.1 Å². The first-order valence-corrected chi connectivity index (χ1v) is 12.0. The van der Waals surface area contributed by atoms with Crippen LogP contribution in [0.5, 0.6) is 5.75 Å². The quantitative estimate of drug-likeness (QED) is 0.359. The third kappa shape index (κ3) is 5.11. The minimum Gasteiger partial charge on any atom is -0.406 e. The first-order chi connectivity index (χ1) is 17.7. The highest BCUT2D eigenvalue weighted by molar-refractivity contribution is 5.95.